The van der Waals surface area contributed by atoms with Gasteiger partial charge < -0.3 is 19.7 Å². The van der Waals surface area contributed by atoms with Crippen molar-refractivity contribution in [3.8, 4) is 11.5 Å². The Morgan fingerprint density at radius 2 is 2.05 bits per heavy atom. The second kappa shape index (κ2) is 6.46. The third kappa shape index (κ3) is 3.44. The number of hydrogen-bond acceptors (Lipinski definition) is 4. The largest absolute Gasteiger partial charge is 0.490 e. The van der Waals surface area contributed by atoms with Crippen LogP contribution in [0.25, 0.3) is 0 Å². The fourth-order valence-corrected chi connectivity index (χ4v) is 2.97. The Kier molecular flexibility index (Phi) is 4.43. The van der Waals surface area contributed by atoms with Crippen LogP contribution in [0.3, 0.4) is 0 Å². The van der Waals surface area contributed by atoms with Gasteiger partial charge in [0.1, 0.15) is 0 Å². The normalized spacial score (nSPS) is 22.0. The molecule has 1 N–H and O–H groups in total. The number of fused-ring (bicyclic) bond motifs is 1. The minimum absolute atomic E-state index is 0.653. The number of hydrogen-bond donors (Lipinski definition) is 1. The molecule has 1 aromatic carbocycles. The van der Waals surface area contributed by atoms with E-state index in [2.05, 4.69) is 29.4 Å². The molecule has 3 rings (SSSR count). The van der Waals surface area contributed by atoms with E-state index < -0.39 is 0 Å². The van der Waals surface area contributed by atoms with Gasteiger partial charge in [0.2, 0.25) is 0 Å². The fourth-order valence-electron chi connectivity index (χ4n) is 2.97. The molecule has 4 heteroatoms. The van der Waals surface area contributed by atoms with Crippen molar-refractivity contribution in [2.45, 2.75) is 31.8 Å². The van der Waals surface area contributed by atoms with Crippen molar-refractivity contribution in [3.05, 3.63) is 23.8 Å². The zero-order valence-corrected chi connectivity index (χ0v) is 12.2. The molecule has 1 atom stereocenters. The van der Waals surface area contributed by atoms with Crippen molar-refractivity contribution in [1.82, 2.24) is 10.2 Å². The van der Waals surface area contributed by atoms with Gasteiger partial charge in [0, 0.05) is 25.6 Å². The zero-order chi connectivity index (χ0) is 13.8. The third-order valence-corrected chi connectivity index (χ3v) is 3.96. The van der Waals surface area contributed by atoms with Crippen LogP contribution in [0, 0.1) is 0 Å². The summed E-state index contributed by atoms with van der Waals surface area (Å²) in [6, 6.07) is 6.96. The average molecular weight is 276 g/mol. The molecule has 1 fully saturated rings. The summed E-state index contributed by atoms with van der Waals surface area (Å²) in [5.74, 6) is 1.78. The number of ether oxygens (including phenoxy) is 2. The van der Waals surface area contributed by atoms with Gasteiger partial charge in [0.25, 0.3) is 0 Å². The van der Waals surface area contributed by atoms with E-state index in [4.69, 9.17) is 9.47 Å². The molecule has 1 unspecified atom stereocenters. The monoisotopic (exact) mass is 276 g/mol. The van der Waals surface area contributed by atoms with Crippen LogP contribution in [0.1, 0.15) is 24.8 Å². The molecule has 1 saturated heterocycles. The van der Waals surface area contributed by atoms with E-state index in [1.54, 1.807) is 0 Å². The molecule has 0 spiro atoms. The molecule has 4 nitrogen and oxygen atoms in total. The number of nitrogens with zero attached hydrogens (tertiary/aromatic N) is 1. The maximum Gasteiger partial charge on any atom is 0.161 e. The first kappa shape index (κ1) is 13.7. The Hall–Kier alpha value is -1.26. The Bertz CT molecular complexity index is 444. The van der Waals surface area contributed by atoms with E-state index >= 15 is 0 Å². The summed E-state index contributed by atoms with van der Waals surface area (Å²) in [7, 11) is 2.18. The first-order chi connectivity index (χ1) is 9.81. The van der Waals surface area contributed by atoms with Crippen molar-refractivity contribution >= 4 is 0 Å². The number of benzene rings is 1. The molecule has 2 aliphatic heterocycles. The second-order valence-electron chi connectivity index (χ2n) is 5.82. The Labute approximate surface area is 121 Å². The zero-order valence-electron chi connectivity index (χ0n) is 12.2. The second-order valence-corrected chi connectivity index (χ2v) is 5.82. The maximum atomic E-state index is 5.75. The summed E-state index contributed by atoms with van der Waals surface area (Å²) in [5.41, 5.74) is 1.29. The van der Waals surface area contributed by atoms with Crippen LogP contribution in [0.2, 0.25) is 0 Å². The Morgan fingerprint density at radius 3 is 2.85 bits per heavy atom. The van der Waals surface area contributed by atoms with Crippen molar-refractivity contribution in [1.29, 1.82) is 0 Å². The summed E-state index contributed by atoms with van der Waals surface area (Å²) >= 11 is 0. The van der Waals surface area contributed by atoms with Gasteiger partial charge in [-0.2, -0.15) is 0 Å². The molecule has 2 heterocycles. The molecule has 0 radical (unpaired) electrons. The molecule has 0 aliphatic carbocycles. The molecular formula is C16H24N2O2. The molecular weight excluding hydrogens is 252 g/mol. The predicted molar refractivity (Wildman–Crippen MR) is 79.4 cm³/mol. The van der Waals surface area contributed by atoms with Gasteiger partial charge >= 0.3 is 0 Å². The minimum atomic E-state index is 0.653. The lowest BCUT2D eigenvalue weighted by Crippen LogP contribution is -2.34. The molecule has 0 amide bonds. The average Bonchev–Trinajstić information content (AvgIpc) is 2.82. The van der Waals surface area contributed by atoms with Gasteiger partial charge in [-0.3, -0.25) is 0 Å². The van der Waals surface area contributed by atoms with Crippen LogP contribution in [-0.4, -0.2) is 44.3 Å². The smallest absolute Gasteiger partial charge is 0.161 e. The highest BCUT2D eigenvalue weighted by Crippen LogP contribution is 2.30. The van der Waals surface area contributed by atoms with E-state index in [0.29, 0.717) is 6.04 Å². The number of likely N-dealkylation sites (N-methyl/N-ethyl adjacent to an activating group) is 1. The fraction of sp³-hybridized carbons (Fsp3) is 0.625. The van der Waals surface area contributed by atoms with Gasteiger partial charge in [0.05, 0.1) is 13.2 Å². The third-order valence-electron chi connectivity index (χ3n) is 3.96. The highest BCUT2D eigenvalue weighted by molar-refractivity contribution is 5.43. The molecule has 0 aromatic heterocycles. The summed E-state index contributed by atoms with van der Waals surface area (Å²) < 4.78 is 11.4. The standard InChI is InChI=1S/C16H24N2O2/c1-18(12-14-4-2-7-17-14)11-13-5-6-15-16(10-13)20-9-3-8-19-15/h5-6,10,14,17H,2-4,7-9,11-12H2,1H3. The highest BCUT2D eigenvalue weighted by Gasteiger charge is 2.16. The Morgan fingerprint density at radius 1 is 1.20 bits per heavy atom. The van der Waals surface area contributed by atoms with Crippen LogP contribution in [0.4, 0.5) is 0 Å². The maximum absolute atomic E-state index is 5.75. The quantitative estimate of drug-likeness (QED) is 0.912. The van der Waals surface area contributed by atoms with Crippen LogP contribution in [0.5, 0.6) is 11.5 Å². The van der Waals surface area contributed by atoms with Gasteiger partial charge in [-0.15, -0.1) is 0 Å². The lowest BCUT2D eigenvalue weighted by atomic mass is 10.1. The molecule has 110 valence electrons. The molecule has 2 aliphatic rings. The first-order valence-corrected chi connectivity index (χ1v) is 7.62. The van der Waals surface area contributed by atoms with E-state index in [1.165, 1.54) is 24.9 Å². The van der Waals surface area contributed by atoms with Crippen molar-refractivity contribution in [2.75, 3.05) is 33.4 Å². The highest BCUT2D eigenvalue weighted by atomic mass is 16.5. The molecule has 20 heavy (non-hydrogen) atoms. The number of rotatable bonds is 4. The van der Waals surface area contributed by atoms with E-state index in [0.717, 1.165) is 44.2 Å². The van der Waals surface area contributed by atoms with Crippen LogP contribution in [0.15, 0.2) is 18.2 Å². The molecule has 0 bridgehead atoms. The Balaban J connectivity index is 1.60. The van der Waals surface area contributed by atoms with E-state index in [1.807, 2.05) is 6.07 Å². The summed E-state index contributed by atoms with van der Waals surface area (Å²) in [5, 5.41) is 3.55. The van der Waals surface area contributed by atoms with Gasteiger partial charge in [-0.05, 0) is 44.1 Å². The topological polar surface area (TPSA) is 33.7 Å². The van der Waals surface area contributed by atoms with Crippen LogP contribution < -0.4 is 14.8 Å². The van der Waals surface area contributed by atoms with Crippen molar-refractivity contribution < 1.29 is 9.47 Å². The van der Waals surface area contributed by atoms with Crippen molar-refractivity contribution in [3.63, 3.8) is 0 Å². The van der Waals surface area contributed by atoms with Crippen molar-refractivity contribution in [2.24, 2.45) is 0 Å². The van der Waals surface area contributed by atoms with Gasteiger partial charge in [-0.1, -0.05) is 6.07 Å². The minimum Gasteiger partial charge on any atom is -0.490 e. The molecule has 1 aromatic rings. The summed E-state index contributed by atoms with van der Waals surface area (Å²) in [6.07, 6.45) is 3.56. The summed E-state index contributed by atoms with van der Waals surface area (Å²) in [4.78, 5) is 2.38. The predicted octanol–water partition coefficient (Wildman–Crippen LogP) is 2.03. The van der Waals surface area contributed by atoms with Gasteiger partial charge in [-0.25, -0.2) is 0 Å². The van der Waals surface area contributed by atoms with E-state index in [9.17, 15) is 0 Å². The lowest BCUT2D eigenvalue weighted by Gasteiger charge is -2.21. The van der Waals surface area contributed by atoms with Crippen LogP contribution >= 0.6 is 0 Å². The first-order valence-electron chi connectivity index (χ1n) is 7.62. The van der Waals surface area contributed by atoms with Crippen LogP contribution in [-0.2, 0) is 6.54 Å². The number of nitrogens with one attached hydrogen (secondary N) is 1. The van der Waals surface area contributed by atoms with E-state index in [-0.39, 0.29) is 0 Å². The lowest BCUT2D eigenvalue weighted by molar-refractivity contribution is 0.291. The summed E-state index contributed by atoms with van der Waals surface area (Å²) in [6.45, 7) is 4.73. The van der Waals surface area contributed by atoms with Gasteiger partial charge in [0.15, 0.2) is 11.5 Å². The SMILES string of the molecule is CN(Cc1ccc2c(c1)OCCCO2)CC1CCCN1. The molecule has 0 saturated carbocycles.